The molecule has 0 bridgehead atoms. The van der Waals surface area contributed by atoms with Gasteiger partial charge in [-0.1, -0.05) is 18.6 Å². The Kier molecular flexibility index (Phi) is 6.11. The number of benzene rings is 1. The molecule has 2 aliphatic heterocycles. The van der Waals surface area contributed by atoms with Crippen molar-refractivity contribution in [1.29, 1.82) is 0 Å². The Labute approximate surface area is 144 Å². The number of nitrogens with zero attached hydrogens (tertiary/aromatic N) is 2. The van der Waals surface area contributed by atoms with Crippen LogP contribution in [0.3, 0.4) is 0 Å². The summed E-state index contributed by atoms with van der Waals surface area (Å²) in [4.78, 5) is 4.76. The molecule has 0 spiro atoms. The second-order valence-electron chi connectivity index (χ2n) is 7.24. The lowest BCUT2D eigenvalue weighted by molar-refractivity contribution is 0.00635. The molecule has 2 saturated heterocycles. The molecule has 0 aromatic heterocycles. The predicted octanol–water partition coefficient (Wildman–Crippen LogP) is 1.48. The van der Waals surface area contributed by atoms with Gasteiger partial charge in [-0.05, 0) is 50.0 Å². The number of likely N-dealkylation sites (tertiary alicyclic amines) is 2. The standard InChI is InChI=1S/C19H30N2O3/c22-11-12-24-18-6-4-5-17(13-18)14-21-10-7-19(23,16-21)15-20-8-2-1-3-9-20/h4-6,13,22-23H,1-3,7-12,14-16H2. The van der Waals surface area contributed by atoms with E-state index < -0.39 is 5.60 Å². The smallest absolute Gasteiger partial charge is 0.119 e. The van der Waals surface area contributed by atoms with Crippen molar-refractivity contribution >= 4 is 0 Å². The van der Waals surface area contributed by atoms with E-state index in [9.17, 15) is 5.11 Å². The maximum Gasteiger partial charge on any atom is 0.119 e. The Balaban J connectivity index is 1.51. The second kappa shape index (κ2) is 8.30. The molecule has 0 radical (unpaired) electrons. The van der Waals surface area contributed by atoms with Gasteiger partial charge in [0.15, 0.2) is 0 Å². The van der Waals surface area contributed by atoms with Crippen molar-refractivity contribution in [2.24, 2.45) is 0 Å². The Bertz CT molecular complexity index is 519. The minimum Gasteiger partial charge on any atom is -0.491 e. The minimum atomic E-state index is -0.567. The van der Waals surface area contributed by atoms with Crippen LogP contribution >= 0.6 is 0 Å². The van der Waals surface area contributed by atoms with Crippen molar-refractivity contribution in [3.05, 3.63) is 29.8 Å². The first-order chi connectivity index (χ1) is 11.7. The molecule has 0 saturated carbocycles. The first-order valence-corrected chi connectivity index (χ1v) is 9.17. The highest BCUT2D eigenvalue weighted by Gasteiger charge is 2.37. The Morgan fingerprint density at radius 2 is 1.92 bits per heavy atom. The summed E-state index contributed by atoms with van der Waals surface area (Å²) < 4.78 is 5.48. The average Bonchev–Trinajstić information content (AvgIpc) is 2.94. The van der Waals surface area contributed by atoms with Crippen LogP contribution in [0.5, 0.6) is 5.75 Å². The van der Waals surface area contributed by atoms with Gasteiger partial charge in [0, 0.05) is 26.2 Å². The van der Waals surface area contributed by atoms with E-state index in [2.05, 4.69) is 15.9 Å². The van der Waals surface area contributed by atoms with Gasteiger partial charge >= 0.3 is 0 Å². The summed E-state index contributed by atoms with van der Waals surface area (Å²) in [6.45, 7) is 5.93. The number of hydrogen-bond donors (Lipinski definition) is 2. The third-order valence-electron chi connectivity index (χ3n) is 5.04. The van der Waals surface area contributed by atoms with E-state index in [1.54, 1.807) is 0 Å². The van der Waals surface area contributed by atoms with E-state index >= 15 is 0 Å². The lowest BCUT2D eigenvalue weighted by Gasteiger charge is -2.33. The van der Waals surface area contributed by atoms with Gasteiger partial charge < -0.3 is 19.8 Å². The number of ether oxygens (including phenoxy) is 1. The van der Waals surface area contributed by atoms with Crippen molar-refractivity contribution in [1.82, 2.24) is 9.80 Å². The molecular formula is C19H30N2O3. The molecule has 1 aromatic rings. The molecule has 1 aromatic carbocycles. The number of rotatable bonds is 7. The molecule has 0 amide bonds. The van der Waals surface area contributed by atoms with Gasteiger partial charge in [-0.25, -0.2) is 0 Å². The second-order valence-corrected chi connectivity index (χ2v) is 7.24. The lowest BCUT2D eigenvalue weighted by atomic mass is 10.0. The van der Waals surface area contributed by atoms with E-state index in [0.29, 0.717) is 6.61 Å². The normalized spacial score (nSPS) is 25.9. The highest BCUT2D eigenvalue weighted by atomic mass is 16.5. The maximum absolute atomic E-state index is 10.9. The molecule has 134 valence electrons. The number of piperidine rings is 1. The fourth-order valence-corrected chi connectivity index (χ4v) is 3.89. The number of hydrogen-bond acceptors (Lipinski definition) is 5. The van der Waals surface area contributed by atoms with Crippen LogP contribution in [0.15, 0.2) is 24.3 Å². The Hall–Kier alpha value is -1.14. The Morgan fingerprint density at radius 3 is 2.71 bits per heavy atom. The van der Waals surface area contributed by atoms with Crippen LogP contribution in [-0.2, 0) is 6.54 Å². The minimum absolute atomic E-state index is 0.0277. The number of aliphatic hydroxyl groups is 2. The van der Waals surface area contributed by atoms with Gasteiger partial charge in [0.25, 0.3) is 0 Å². The van der Waals surface area contributed by atoms with Crippen molar-refractivity contribution in [2.45, 2.75) is 37.8 Å². The van der Waals surface area contributed by atoms with Gasteiger partial charge in [0.05, 0.1) is 12.2 Å². The first-order valence-electron chi connectivity index (χ1n) is 9.17. The Morgan fingerprint density at radius 1 is 1.08 bits per heavy atom. The van der Waals surface area contributed by atoms with Crippen LogP contribution in [-0.4, -0.2) is 71.6 Å². The molecule has 24 heavy (non-hydrogen) atoms. The summed E-state index contributed by atoms with van der Waals surface area (Å²) in [7, 11) is 0. The maximum atomic E-state index is 10.9. The van der Waals surface area contributed by atoms with Gasteiger partial charge in [-0.15, -0.1) is 0 Å². The molecular weight excluding hydrogens is 304 g/mol. The van der Waals surface area contributed by atoms with Crippen LogP contribution in [0.1, 0.15) is 31.2 Å². The fourth-order valence-electron chi connectivity index (χ4n) is 3.89. The summed E-state index contributed by atoms with van der Waals surface area (Å²) in [6.07, 6.45) is 4.71. The van der Waals surface area contributed by atoms with Crippen LogP contribution in [0.25, 0.3) is 0 Å². The SMILES string of the molecule is OCCOc1cccc(CN2CCC(O)(CN3CCCCC3)C2)c1. The van der Waals surface area contributed by atoms with E-state index in [1.807, 2.05) is 18.2 Å². The highest BCUT2D eigenvalue weighted by molar-refractivity contribution is 5.28. The fraction of sp³-hybridized carbons (Fsp3) is 0.684. The first kappa shape index (κ1) is 17.7. The van der Waals surface area contributed by atoms with Crippen LogP contribution in [0.4, 0.5) is 0 Å². The van der Waals surface area contributed by atoms with Crippen molar-refractivity contribution in [2.75, 3.05) is 45.9 Å². The number of β-amino-alcohol motifs (C(OH)–C–C–N with tert-alkyl or cyclic N) is 1. The molecule has 5 heteroatoms. The van der Waals surface area contributed by atoms with Gasteiger partial charge in [0.1, 0.15) is 12.4 Å². The van der Waals surface area contributed by atoms with E-state index in [1.165, 1.54) is 24.8 Å². The molecule has 5 nitrogen and oxygen atoms in total. The van der Waals surface area contributed by atoms with E-state index in [4.69, 9.17) is 9.84 Å². The van der Waals surface area contributed by atoms with Gasteiger partial charge in [-0.3, -0.25) is 4.90 Å². The van der Waals surface area contributed by atoms with Crippen molar-refractivity contribution < 1.29 is 14.9 Å². The third-order valence-corrected chi connectivity index (χ3v) is 5.04. The topological polar surface area (TPSA) is 56.2 Å². The molecule has 2 aliphatic rings. The average molecular weight is 334 g/mol. The van der Waals surface area contributed by atoms with E-state index in [0.717, 1.165) is 51.4 Å². The molecule has 2 fully saturated rings. The zero-order valence-corrected chi connectivity index (χ0v) is 14.5. The predicted molar refractivity (Wildman–Crippen MR) is 94.2 cm³/mol. The number of aliphatic hydroxyl groups excluding tert-OH is 1. The van der Waals surface area contributed by atoms with Crippen LogP contribution in [0, 0.1) is 0 Å². The quantitative estimate of drug-likeness (QED) is 0.791. The molecule has 1 atom stereocenters. The molecule has 1 unspecified atom stereocenters. The summed E-state index contributed by atoms with van der Waals surface area (Å²) in [5.41, 5.74) is 0.621. The van der Waals surface area contributed by atoms with Crippen molar-refractivity contribution in [3.63, 3.8) is 0 Å². The molecule has 0 aliphatic carbocycles. The summed E-state index contributed by atoms with van der Waals surface area (Å²) in [5, 5.41) is 19.8. The largest absolute Gasteiger partial charge is 0.491 e. The van der Waals surface area contributed by atoms with Crippen LogP contribution in [0.2, 0.25) is 0 Å². The van der Waals surface area contributed by atoms with Crippen LogP contribution < -0.4 is 4.74 Å². The van der Waals surface area contributed by atoms with Gasteiger partial charge in [0.2, 0.25) is 0 Å². The van der Waals surface area contributed by atoms with Crippen molar-refractivity contribution in [3.8, 4) is 5.75 Å². The summed E-state index contributed by atoms with van der Waals surface area (Å²) in [5.74, 6) is 0.796. The summed E-state index contributed by atoms with van der Waals surface area (Å²) >= 11 is 0. The monoisotopic (exact) mass is 334 g/mol. The molecule has 2 N–H and O–H groups in total. The molecule has 2 heterocycles. The molecule has 3 rings (SSSR count). The van der Waals surface area contributed by atoms with Gasteiger partial charge in [-0.2, -0.15) is 0 Å². The highest BCUT2D eigenvalue weighted by Crippen LogP contribution is 2.26. The summed E-state index contributed by atoms with van der Waals surface area (Å²) in [6, 6.07) is 8.01. The zero-order valence-electron chi connectivity index (χ0n) is 14.5. The third kappa shape index (κ3) is 4.93. The zero-order chi connectivity index (χ0) is 16.8. The van der Waals surface area contributed by atoms with E-state index in [-0.39, 0.29) is 6.61 Å². The lowest BCUT2D eigenvalue weighted by Crippen LogP contribution is -2.46.